The van der Waals surface area contributed by atoms with Gasteiger partial charge in [0.2, 0.25) is 5.00 Å². The number of rotatable bonds is 3. The molecule has 0 saturated heterocycles. The lowest BCUT2D eigenvalue weighted by Gasteiger charge is -2.12. The quantitative estimate of drug-likeness (QED) is 0.349. The maximum Gasteiger partial charge on any atom is 0.347 e. The van der Waals surface area contributed by atoms with Gasteiger partial charge in [-0.05, 0) is 0 Å². The summed E-state index contributed by atoms with van der Waals surface area (Å²) < 4.78 is 0. The molecule has 1 unspecified atom stereocenters. The van der Waals surface area contributed by atoms with Crippen molar-refractivity contribution >= 4 is 23.4 Å². The van der Waals surface area contributed by atoms with E-state index in [1.54, 1.807) is 0 Å². The number of halogens is 1. The van der Waals surface area contributed by atoms with Crippen molar-refractivity contribution in [3.05, 3.63) is 0 Å². The molecule has 4 nitrogen and oxygen atoms in total. The number of alkyl halides is 1. The maximum atomic E-state index is 10.6. The summed E-state index contributed by atoms with van der Waals surface area (Å²) in [5, 5.41) is 8.26. The van der Waals surface area contributed by atoms with Crippen LogP contribution < -0.4 is 5.73 Å². The molecule has 0 bridgehead atoms. The summed E-state index contributed by atoms with van der Waals surface area (Å²) in [5.41, 5.74) is 4.93. The van der Waals surface area contributed by atoms with Gasteiger partial charge in [-0.3, -0.25) is 10.5 Å². The minimum atomic E-state index is -2.24. The molecule has 0 spiro atoms. The highest BCUT2D eigenvalue weighted by Gasteiger charge is 2.38. The standard InChI is InChI=1S/C5H8ClNO3/c1-2-3(8)5(6,7)4(9)10/h2,7H2,1H3,(H,9,10). The lowest BCUT2D eigenvalue weighted by Crippen LogP contribution is -2.49. The van der Waals surface area contributed by atoms with E-state index < -0.39 is 16.8 Å². The van der Waals surface area contributed by atoms with Crippen LogP contribution in [0.1, 0.15) is 13.3 Å². The Morgan fingerprint density at radius 3 is 2.20 bits per heavy atom. The lowest BCUT2D eigenvalue weighted by molar-refractivity contribution is -0.144. The molecule has 1 atom stereocenters. The van der Waals surface area contributed by atoms with Gasteiger partial charge < -0.3 is 5.11 Å². The number of Topliss-reactive ketones (excluding diaryl/α,β-unsaturated/α-hetero) is 1. The molecule has 0 aliphatic rings. The summed E-state index contributed by atoms with van der Waals surface area (Å²) in [4.78, 5) is 18.5. The summed E-state index contributed by atoms with van der Waals surface area (Å²) in [6, 6.07) is 0. The molecule has 0 aromatic heterocycles. The van der Waals surface area contributed by atoms with Gasteiger partial charge in [-0.1, -0.05) is 18.5 Å². The molecular weight excluding hydrogens is 158 g/mol. The number of carbonyl (C=O) groups is 2. The first-order chi connectivity index (χ1) is 4.42. The number of carbonyl (C=O) groups excluding carboxylic acids is 1. The summed E-state index contributed by atoms with van der Waals surface area (Å²) in [6.07, 6.45) is 0.0201. The number of hydrogen-bond acceptors (Lipinski definition) is 3. The van der Waals surface area contributed by atoms with Gasteiger partial charge >= 0.3 is 5.97 Å². The largest absolute Gasteiger partial charge is 0.479 e. The van der Waals surface area contributed by atoms with E-state index in [0.717, 1.165) is 0 Å². The van der Waals surface area contributed by atoms with Crippen LogP contribution in [0.25, 0.3) is 0 Å². The number of carboxylic acid groups (broad SMARTS) is 1. The molecule has 0 aromatic rings. The van der Waals surface area contributed by atoms with E-state index in [-0.39, 0.29) is 6.42 Å². The van der Waals surface area contributed by atoms with Gasteiger partial charge in [0.05, 0.1) is 0 Å². The van der Waals surface area contributed by atoms with Gasteiger partial charge in [-0.2, -0.15) is 0 Å². The molecule has 58 valence electrons. The minimum Gasteiger partial charge on any atom is -0.479 e. The van der Waals surface area contributed by atoms with Crippen LogP contribution >= 0.6 is 11.6 Å². The van der Waals surface area contributed by atoms with E-state index in [2.05, 4.69) is 0 Å². The van der Waals surface area contributed by atoms with Crippen LogP contribution in [0.5, 0.6) is 0 Å². The second-order valence-corrected chi connectivity index (χ2v) is 2.39. The molecular formula is C5H8ClNO3. The van der Waals surface area contributed by atoms with E-state index in [9.17, 15) is 9.59 Å². The van der Waals surface area contributed by atoms with Crippen molar-refractivity contribution in [1.29, 1.82) is 0 Å². The molecule has 0 amide bonds. The Labute approximate surface area is 63.0 Å². The summed E-state index contributed by atoms with van der Waals surface area (Å²) in [7, 11) is 0. The SMILES string of the molecule is CCC(=O)C(N)(Cl)C(=O)O. The minimum absolute atomic E-state index is 0.0201. The molecule has 0 rings (SSSR count). The van der Waals surface area contributed by atoms with Gasteiger partial charge in [0.1, 0.15) is 0 Å². The van der Waals surface area contributed by atoms with Crippen molar-refractivity contribution in [3.8, 4) is 0 Å². The molecule has 3 N–H and O–H groups in total. The van der Waals surface area contributed by atoms with Crippen molar-refractivity contribution in [2.45, 2.75) is 18.3 Å². The number of carboxylic acids is 1. The van der Waals surface area contributed by atoms with Gasteiger partial charge in [-0.15, -0.1) is 0 Å². The predicted octanol–water partition coefficient (Wildman–Crippen LogP) is -0.0561. The van der Waals surface area contributed by atoms with Gasteiger partial charge in [0.25, 0.3) is 0 Å². The van der Waals surface area contributed by atoms with Crippen molar-refractivity contribution in [1.82, 2.24) is 0 Å². The van der Waals surface area contributed by atoms with E-state index >= 15 is 0 Å². The van der Waals surface area contributed by atoms with Gasteiger partial charge in [0.15, 0.2) is 5.78 Å². The number of ketones is 1. The van der Waals surface area contributed by atoms with Crippen molar-refractivity contribution in [2.24, 2.45) is 5.73 Å². The Kier molecular flexibility index (Phi) is 2.80. The first-order valence-electron chi connectivity index (χ1n) is 2.67. The Balaban J connectivity index is 4.40. The average molecular weight is 166 g/mol. The Hall–Kier alpha value is -0.610. The number of nitrogens with two attached hydrogens (primary N) is 1. The molecule has 10 heavy (non-hydrogen) atoms. The monoisotopic (exact) mass is 165 g/mol. The number of hydrogen-bond donors (Lipinski definition) is 2. The van der Waals surface area contributed by atoms with Crippen LogP contribution in [-0.2, 0) is 9.59 Å². The average Bonchev–Trinajstić information content (AvgIpc) is 1.86. The smallest absolute Gasteiger partial charge is 0.347 e. The van der Waals surface area contributed by atoms with Crippen LogP contribution in [0.15, 0.2) is 0 Å². The molecule has 0 aliphatic carbocycles. The van der Waals surface area contributed by atoms with E-state index in [4.69, 9.17) is 22.4 Å². The third-order valence-corrected chi connectivity index (χ3v) is 1.41. The lowest BCUT2D eigenvalue weighted by atomic mass is 10.1. The normalized spacial score (nSPS) is 15.9. The topological polar surface area (TPSA) is 80.4 Å². The van der Waals surface area contributed by atoms with Crippen molar-refractivity contribution < 1.29 is 14.7 Å². The maximum absolute atomic E-state index is 10.6. The molecule has 0 aliphatic heterocycles. The molecule has 5 heteroatoms. The van der Waals surface area contributed by atoms with E-state index in [1.165, 1.54) is 6.92 Å². The molecule has 0 saturated carbocycles. The highest BCUT2D eigenvalue weighted by molar-refractivity contribution is 6.44. The zero-order valence-electron chi connectivity index (χ0n) is 5.43. The first-order valence-corrected chi connectivity index (χ1v) is 3.05. The highest BCUT2D eigenvalue weighted by atomic mass is 35.5. The fourth-order valence-corrected chi connectivity index (χ4v) is 0.510. The molecule has 0 radical (unpaired) electrons. The third kappa shape index (κ3) is 1.68. The summed E-state index contributed by atoms with van der Waals surface area (Å²) >= 11 is 5.15. The van der Waals surface area contributed by atoms with Crippen molar-refractivity contribution in [2.75, 3.05) is 0 Å². The fourth-order valence-electron chi connectivity index (χ4n) is 0.377. The second-order valence-electron chi connectivity index (χ2n) is 1.79. The predicted molar refractivity (Wildman–Crippen MR) is 35.7 cm³/mol. The third-order valence-electron chi connectivity index (χ3n) is 1.04. The Bertz CT molecular complexity index is 166. The van der Waals surface area contributed by atoms with Crippen LogP contribution in [-0.4, -0.2) is 21.9 Å². The second kappa shape index (κ2) is 2.98. The Morgan fingerprint density at radius 2 is 2.10 bits per heavy atom. The van der Waals surface area contributed by atoms with Gasteiger partial charge in [0, 0.05) is 6.42 Å². The summed E-state index contributed by atoms with van der Waals surface area (Å²) in [5.74, 6) is -2.21. The number of aliphatic carboxylic acids is 1. The zero-order chi connectivity index (χ0) is 8.36. The van der Waals surface area contributed by atoms with Crippen LogP contribution in [0.2, 0.25) is 0 Å². The first kappa shape index (κ1) is 9.39. The van der Waals surface area contributed by atoms with Crippen LogP contribution in [0, 0.1) is 0 Å². The molecule has 0 aromatic carbocycles. The van der Waals surface area contributed by atoms with Crippen molar-refractivity contribution in [3.63, 3.8) is 0 Å². The molecule has 0 heterocycles. The van der Waals surface area contributed by atoms with Gasteiger partial charge in [-0.25, -0.2) is 4.79 Å². The van der Waals surface area contributed by atoms with Crippen LogP contribution in [0.3, 0.4) is 0 Å². The molecule has 0 fully saturated rings. The zero-order valence-corrected chi connectivity index (χ0v) is 6.18. The Morgan fingerprint density at radius 1 is 1.70 bits per heavy atom. The summed E-state index contributed by atoms with van der Waals surface area (Å²) in [6.45, 7) is 1.50. The van der Waals surface area contributed by atoms with E-state index in [0.29, 0.717) is 0 Å². The highest BCUT2D eigenvalue weighted by Crippen LogP contribution is 2.10. The van der Waals surface area contributed by atoms with Crippen LogP contribution in [0.4, 0.5) is 0 Å². The fraction of sp³-hybridized carbons (Fsp3) is 0.600. The van der Waals surface area contributed by atoms with E-state index in [1.807, 2.05) is 0 Å².